The fourth-order valence-electron chi connectivity index (χ4n) is 2.30. The fourth-order valence-corrected chi connectivity index (χ4v) is 2.30. The maximum absolute atomic E-state index is 14.4. The van der Waals surface area contributed by atoms with Crippen molar-refractivity contribution in [2.45, 2.75) is 52.1 Å². The van der Waals surface area contributed by atoms with Crippen LogP contribution in [0.15, 0.2) is 30.5 Å². The first-order valence-corrected chi connectivity index (χ1v) is 7.80. The van der Waals surface area contributed by atoms with Crippen LogP contribution in [0.25, 0.3) is 0 Å². The summed E-state index contributed by atoms with van der Waals surface area (Å²) in [5.74, 6) is -0.465. The summed E-state index contributed by atoms with van der Waals surface area (Å²) in [6.07, 6.45) is 0.947. The first-order chi connectivity index (χ1) is 11.2. The minimum atomic E-state index is -0.617. The van der Waals surface area contributed by atoms with Gasteiger partial charge in [0, 0.05) is 17.5 Å². The minimum Gasteiger partial charge on any atom is -0.421 e. The van der Waals surface area contributed by atoms with Gasteiger partial charge in [-0.25, -0.2) is 14.4 Å². The molecule has 0 bridgehead atoms. The van der Waals surface area contributed by atoms with Crippen LogP contribution in [0.4, 0.5) is 4.39 Å². The molecule has 0 N–H and O–H groups in total. The van der Waals surface area contributed by atoms with E-state index in [-0.39, 0.29) is 11.8 Å². The molecule has 2 aromatic rings. The number of rotatable bonds is 3. The standard InChI is InChI=1S/C18H21FN2O3/c1-11-8-9-20-16(21-11)22-14-7-6-12(10-13(14)19)15-23-17(2,3)18(4,5)24-15/h6-10,15H,1-5H3. The molecule has 0 amide bonds. The molecule has 1 fully saturated rings. The van der Waals surface area contributed by atoms with E-state index in [1.807, 2.05) is 34.6 Å². The van der Waals surface area contributed by atoms with E-state index in [1.165, 1.54) is 12.1 Å². The van der Waals surface area contributed by atoms with E-state index in [0.717, 1.165) is 5.69 Å². The lowest BCUT2D eigenvalue weighted by atomic mass is 9.90. The van der Waals surface area contributed by atoms with Crippen LogP contribution in [-0.4, -0.2) is 21.2 Å². The minimum absolute atomic E-state index is 0.0564. The van der Waals surface area contributed by atoms with Crippen LogP contribution in [0.3, 0.4) is 0 Å². The highest BCUT2D eigenvalue weighted by atomic mass is 19.1. The van der Waals surface area contributed by atoms with Crippen LogP contribution in [-0.2, 0) is 9.47 Å². The highest BCUT2D eigenvalue weighted by molar-refractivity contribution is 5.32. The molecule has 6 heteroatoms. The molecule has 24 heavy (non-hydrogen) atoms. The summed E-state index contributed by atoms with van der Waals surface area (Å²) < 4.78 is 31.6. The number of aryl methyl sites for hydroxylation is 1. The summed E-state index contributed by atoms with van der Waals surface area (Å²) >= 11 is 0. The lowest BCUT2D eigenvalue weighted by molar-refractivity contribution is -0.0897. The van der Waals surface area contributed by atoms with Crippen molar-refractivity contribution in [2.24, 2.45) is 0 Å². The van der Waals surface area contributed by atoms with E-state index in [0.29, 0.717) is 5.56 Å². The molecule has 1 saturated heterocycles. The molecule has 0 atom stereocenters. The van der Waals surface area contributed by atoms with E-state index in [1.54, 1.807) is 18.3 Å². The van der Waals surface area contributed by atoms with Gasteiger partial charge < -0.3 is 14.2 Å². The quantitative estimate of drug-likeness (QED) is 0.838. The van der Waals surface area contributed by atoms with Gasteiger partial charge in [0.25, 0.3) is 0 Å². The summed E-state index contributed by atoms with van der Waals surface area (Å²) in [5.41, 5.74) is 0.398. The Morgan fingerprint density at radius 2 is 1.75 bits per heavy atom. The zero-order valence-corrected chi connectivity index (χ0v) is 14.5. The van der Waals surface area contributed by atoms with E-state index < -0.39 is 23.3 Å². The summed E-state index contributed by atoms with van der Waals surface area (Å²) in [7, 11) is 0. The second kappa shape index (κ2) is 5.79. The third-order valence-corrected chi connectivity index (χ3v) is 4.46. The summed E-state index contributed by atoms with van der Waals surface area (Å²) in [6, 6.07) is 6.45. The second-order valence-electron chi connectivity index (χ2n) is 6.86. The number of hydrogen-bond acceptors (Lipinski definition) is 5. The monoisotopic (exact) mass is 332 g/mol. The molecule has 128 valence electrons. The van der Waals surface area contributed by atoms with Crippen molar-refractivity contribution >= 4 is 0 Å². The van der Waals surface area contributed by atoms with Crippen molar-refractivity contribution in [3.05, 3.63) is 47.5 Å². The number of ether oxygens (including phenoxy) is 3. The van der Waals surface area contributed by atoms with Crippen LogP contribution in [0, 0.1) is 12.7 Å². The molecule has 0 radical (unpaired) electrons. The van der Waals surface area contributed by atoms with Crippen molar-refractivity contribution in [2.75, 3.05) is 0 Å². The molecule has 1 aliphatic heterocycles. The van der Waals surface area contributed by atoms with Gasteiger partial charge in [0.2, 0.25) is 0 Å². The average molecular weight is 332 g/mol. The fraction of sp³-hybridized carbons (Fsp3) is 0.444. The Balaban J connectivity index is 1.81. The number of benzene rings is 1. The Hall–Kier alpha value is -2.05. The van der Waals surface area contributed by atoms with Crippen molar-refractivity contribution in [1.82, 2.24) is 9.97 Å². The molecule has 5 nitrogen and oxygen atoms in total. The highest BCUT2D eigenvalue weighted by Gasteiger charge is 2.49. The Morgan fingerprint density at radius 1 is 1.08 bits per heavy atom. The summed E-state index contributed by atoms with van der Waals surface area (Å²) in [4.78, 5) is 8.06. The van der Waals surface area contributed by atoms with Gasteiger partial charge in [-0.1, -0.05) is 6.07 Å². The van der Waals surface area contributed by atoms with Gasteiger partial charge in [-0.15, -0.1) is 0 Å². The molecule has 0 saturated carbocycles. The molecule has 1 aliphatic rings. The lowest BCUT2D eigenvalue weighted by Crippen LogP contribution is -2.41. The topological polar surface area (TPSA) is 53.5 Å². The maximum Gasteiger partial charge on any atom is 0.322 e. The molecule has 0 unspecified atom stereocenters. The molecule has 0 spiro atoms. The average Bonchev–Trinajstić information content (AvgIpc) is 2.70. The van der Waals surface area contributed by atoms with Crippen LogP contribution in [0.5, 0.6) is 11.8 Å². The van der Waals surface area contributed by atoms with Crippen molar-refractivity contribution < 1.29 is 18.6 Å². The predicted octanol–water partition coefficient (Wildman–Crippen LogP) is 4.32. The van der Waals surface area contributed by atoms with Crippen LogP contribution < -0.4 is 4.74 Å². The third kappa shape index (κ3) is 3.12. The van der Waals surface area contributed by atoms with E-state index in [9.17, 15) is 4.39 Å². The Morgan fingerprint density at radius 3 is 2.33 bits per heavy atom. The zero-order valence-electron chi connectivity index (χ0n) is 14.5. The molecular formula is C18H21FN2O3. The highest BCUT2D eigenvalue weighted by Crippen LogP contribution is 2.45. The third-order valence-electron chi connectivity index (χ3n) is 4.46. The van der Waals surface area contributed by atoms with Crippen LogP contribution >= 0.6 is 0 Å². The Bertz CT molecular complexity index is 746. The molecule has 1 aromatic carbocycles. The predicted molar refractivity (Wildman–Crippen MR) is 86.3 cm³/mol. The van der Waals surface area contributed by atoms with Gasteiger partial charge >= 0.3 is 6.01 Å². The lowest BCUT2D eigenvalue weighted by Gasteiger charge is -2.30. The van der Waals surface area contributed by atoms with E-state index >= 15 is 0 Å². The largest absolute Gasteiger partial charge is 0.421 e. The van der Waals surface area contributed by atoms with E-state index in [2.05, 4.69) is 9.97 Å². The number of nitrogens with zero attached hydrogens (tertiary/aromatic N) is 2. The van der Waals surface area contributed by atoms with Gasteiger partial charge in [0.05, 0.1) is 11.2 Å². The van der Waals surface area contributed by atoms with Crippen molar-refractivity contribution in [1.29, 1.82) is 0 Å². The Labute approximate surface area is 140 Å². The van der Waals surface area contributed by atoms with Crippen molar-refractivity contribution in [3.63, 3.8) is 0 Å². The van der Waals surface area contributed by atoms with Gasteiger partial charge in [0.15, 0.2) is 17.9 Å². The molecule has 2 heterocycles. The maximum atomic E-state index is 14.4. The SMILES string of the molecule is Cc1ccnc(Oc2ccc(C3OC(C)(C)C(C)(C)O3)cc2F)n1. The van der Waals surface area contributed by atoms with Gasteiger partial charge in [0.1, 0.15) is 0 Å². The second-order valence-corrected chi connectivity index (χ2v) is 6.86. The summed E-state index contributed by atoms with van der Waals surface area (Å²) in [5, 5.41) is 0. The van der Waals surface area contributed by atoms with Crippen molar-refractivity contribution in [3.8, 4) is 11.8 Å². The van der Waals surface area contributed by atoms with Gasteiger partial charge in [-0.2, -0.15) is 0 Å². The normalized spacial score (nSPS) is 19.4. The molecule has 1 aromatic heterocycles. The smallest absolute Gasteiger partial charge is 0.322 e. The summed E-state index contributed by atoms with van der Waals surface area (Å²) in [6.45, 7) is 9.63. The number of halogens is 1. The first kappa shape index (κ1) is 16.8. The molecular weight excluding hydrogens is 311 g/mol. The Kier molecular flexibility index (Phi) is 4.05. The molecule has 3 rings (SSSR count). The van der Waals surface area contributed by atoms with Crippen LogP contribution in [0.2, 0.25) is 0 Å². The van der Waals surface area contributed by atoms with Crippen LogP contribution in [0.1, 0.15) is 45.2 Å². The number of aromatic nitrogens is 2. The van der Waals surface area contributed by atoms with Gasteiger partial charge in [-0.3, -0.25) is 0 Å². The van der Waals surface area contributed by atoms with Gasteiger partial charge in [-0.05, 0) is 52.8 Å². The first-order valence-electron chi connectivity index (χ1n) is 7.80. The number of hydrogen-bond donors (Lipinski definition) is 0. The van der Waals surface area contributed by atoms with E-state index in [4.69, 9.17) is 14.2 Å². The molecule has 0 aliphatic carbocycles. The zero-order chi connectivity index (χ0) is 17.5.